The molecule has 1 N–H and O–H groups in total. The lowest BCUT2D eigenvalue weighted by atomic mass is 10.1. The summed E-state index contributed by atoms with van der Waals surface area (Å²) in [7, 11) is 1.64. The van der Waals surface area contributed by atoms with E-state index in [1.54, 1.807) is 31.6 Å². The first kappa shape index (κ1) is 16.6. The van der Waals surface area contributed by atoms with E-state index >= 15 is 0 Å². The Labute approximate surface area is 137 Å². The van der Waals surface area contributed by atoms with Gasteiger partial charge >= 0.3 is 0 Å². The lowest BCUT2D eigenvalue weighted by Crippen LogP contribution is -2.06. The van der Waals surface area contributed by atoms with Crippen LogP contribution in [0.5, 0.6) is 0 Å². The second kappa shape index (κ2) is 8.00. The minimum absolute atomic E-state index is 0.424. The van der Waals surface area contributed by atoms with Crippen LogP contribution in [0.15, 0.2) is 29.7 Å². The van der Waals surface area contributed by atoms with Crippen LogP contribution in [-0.4, -0.2) is 39.3 Å². The predicted octanol–water partition coefficient (Wildman–Crippen LogP) is 3.06. The van der Waals surface area contributed by atoms with Crippen molar-refractivity contribution in [2.75, 3.05) is 19.5 Å². The van der Waals surface area contributed by atoms with Gasteiger partial charge in [0.15, 0.2) is 5.16 Å². The smallest absolute Gasteiger partial charge is 0.191 e. The number of rotatable bonds is 7. The molecular weight excluding hydrogens is 333 g/mol. The molecule has 114 valence electrons. The SMILES string of the molecule is COCCn1cnnc1SCC(O)c1ccc(Cl)cc1Cl. The Kier molecular flexibility index (Phi) is 6.32. The highest BCUT2D eigenvalue weighted by atomic mass is 35.5. The molecule has 0 spiro atoms. The third kappa shape index (κ3) is 4.59. The Hall–Kier alpha value is -0.790. The Morgan fingerprint density at radius 3 is 2.95 bits per heavy atom. The summed E-state index contributed by atoms with van der Waals surface area (Å²) in [6.07, 6.45) is 0.940. The van der Waals surface area contributed by atoms with E-state index in [-0.39, 0.29) is 0 Å². The second-order valence-electron chi connectivity index (χ2n) is 4.29. The number of ether oxygens (including phenoxy) is 1. The van der Waals surface area contributed by atoms with Gasteiger partial charge in [-0.25, -0.2) is 0 Å². The molecule has 0 radical (unpaired) electrons. The molecule has 0 bridgehead atoms. The Morgan fingerprint density at radius 1 is 1.43 bits per heavy atom. The van der Waals surface area contributed by atoms with E-state index in [0.717, 1.165) is 5.16 Å². The van der Waals surface area contributed by atoms with Gasteiger partial charge in [0.1, 0.15) is 6.33 Å². The zero-order valence-corrected chi connectivity index (χ0v) is 13.7. The van der Waals surface area contributed by atoms with Gasteiger partial charge < -0.3 is 14.4 Å². The van der Waals surface area contributed by atoms with E-state index in [4.69, 9.17) is 27.9 Å². The molecule has 0 saturated heterocycles. The normalized spacial score (nSPS) is 12.6. The van der Waals surface area contributed by atoms with Gasteiger partial charge in [-0.1, -0.05) is 41.0 Å². The minimum Gasteiger partial charge on any atom is -0.387 e. The van der Waals surface area contributed by atoms with Crippen LogP contribution in [0.1, 0.15) is 11.7 Å². The van der Waals surface area contributed by atoms with Crippen molar-refractivity contribution in [1.82, 2.24) is 14.8 Å². The van der Waals surface area contributed by atoms with Crippen molar-refractivity contribution in [2.24, 2.45) is 0 Å². The van der Waals surface area contributed by atoms with Gasteiger partial charge in [0.05, 0.1) is 12.7 Å². The number of halogens is 2. The van der Waals surface area contributed by atoms with Crippen molar-refractivity contribution in [1.29, 1.82) is 0 Å². The molecule has 2 aromatic rings. The fraction of sp³-hybridized carbons (Fsp3) is 0.385. The van der Waals surface area contributed by atoms with Crippen LogP contribution in [0.4, 0.5) is 0 Å². The van der Waals surface area contributed by atoms with Gasteiger partial charge in [0.2, 0.25) is 0 Å². The Balaban J connectivity index is 1.97. The van der Waals surface area contributed by atoms with E-state index in [1.165, 1.54) is 11.8 Å². The highest BCUT2D eigenvalue weighted by Gasteiger charge is 2.14. The molecule has 1 aromatic heterocycles. The van der Waals surface area contributed by atoms with E-state index in [9.17, 15) is 5.11 Å². The summed E-state index contributed by atoms with van der Waals surface area (Å²) >= 11 is 13.3. The maximum absolute atomic E-state index is 10.2. The molecule has 0 saturated carbocycles. The van der Waals surface area contributed by atoms with E-state index in [2.05, 4.69) is 10.2 Å². The molecule has 1 aromatic carbocycles. The Morgan fingerprint density at radius 2 is 2.24 bits per heavy atom. The van der Waals surface area contributed by atoms with Crippen molar-refractivity contribution < 1.29 is 9.84 Å². The standard InChI is InChI=1S/C13H15Cl2N3O2S/c1-20-5-4-18-8-16-17-13(18)21-7-12(19)10-3-2-9(14)6-11(10)15/h2-3,6,8,12,19H,4-5,7H2,1H3. The minimum atomic E-state index is -0.702. The topological polar surface area (TPSA) is 60.2 Å². The number of hydrogen-bond acceptors (Lipinski definition) is 5. The van der Waals surface area contributed by atoms with Crippen molar-refractivity contribution in [3.05, 3.63) is 40.1 Å². The molecule has 0 aliphatic rings. The van der Waals surface area contributed by atoms with Crippen LogP contribution in [0.2, 0.25) is 10.0 Å². The van der Waals surface area contributed by atoms with Crippen LogP contribution < -0.4 is 0 Å². The second-order valence-corrected chi connectivity index (χ2v) is 6.12. The molecule has 0 aliphatic heterocycles. The summed E-state index contributed by atoms with van der Waals surface area (Å²) in [6, 6.07) is 5.05. The number of aliphatic hydroxyl groups excluding tert-OH is 1. The highest BCUT2D eigenvalue weighted by Crippen LogP contribution is 2.29. The first-order valence-electron chi connectivity index (χ1n) is 6.24. The number of hydrogen-bond donors (Lipinski definition) is 1. The highest BCUT2D eigenvalue weighted by molar-refractivity contribution is 7.99. The number of nitrogens with zero attached hydrogens (tertiary/aromatic N) is 3. The first-order chi connectivity index (χ1) is 10.1. The van der Waals surface area contributed by atoms with Gasteiger partial charge in [-0.15, -0.1) is 10.2 Å². The van der Waals surface area contributed by atoms with Crippen LogP contribution >= 0.6 is 35.0 Å². The quantitative estimate of drug-likeness (QED) is 0.780. The van der Waals surface area contributed by atoms with Crippen LogP contribution in [0.25, 0.3) is 0 Å². The van der Waals surface area contributed by atoms with Crippen molar-refractivity contribution in [3.63, 3.8) is 0 Å². The molecule has 0 aliphatic carbocycles. The summed E-state index contributed by atoms with van der Waals surface area (Å²) in [5, 5.41) is 19.9. The average Bonchev–Trinajstić information content (AvgIpc) is 2.90. The molecule has 1 atom stereocenters. The number of aliphatic hydroxyl groups is 1. The lowest BCUT2D eigenvalue weighted by Gasteiger charge is -2.12. The molecular formula is C13H15Cl2N3O2S. The van der Waals surface area contributed by atoms with Gasteiger partial charge in [0.25, 0.3) is 0 Å². The maximum Gasteiger partial charge on any atom is 0.191 e. The summed E-state index contributed by atoms with van der Waals surface area (Å²) in [5.74, 6) is 0.424. The van der Waals surface area contributed by atoms with E-state index < -0.39 is 6.10 Å². The zero-order valence-electron chi connectivity index (χ0n) is 11.4. The predicted molar refractivity (Wildman–Crippen MR) is 84.0 cm³/mol. The summed E-state index contributed by atoms with van der Waals surface area (Å²) in [4.78, 5) is 0. The summed E-state index contributed by atoms with van der Waals surface area (Å²) in [5.41, 5.74) is 0.650. The van der Waals surface area contributed by atoms with Gasteiger partial charge in [-0.3, -0.25) is 0 Å². The summed E-state index contributed by atoms with van der Waals surface area (Å²) < 4.78 is 6.91. The molecule has 0 fully saturated rings. The largest absolute Gasteiger partial charge is 0.387 e. The molecule has 1 unspecified atom stereocenters. The van der Waals surface area contributed by atoms with Gasteiger partial charge in [-0.2, -0.15) is 0 Å². The van der Waals surface area contributed by atoms with Crippen LogP contribution in [0.3, 0.4) is 0 Å². The van der Waals surface area contributed by atoms with Crippen LogP contribution in [-0.2, 0) is 11.3 Å². The maximum atomic E-state index is 10.2. The third-order valence-electron chi connectivity index (χ3n) is 2.81. The fourth-order valence-corrected chi connectivity index (χ4v) is 3.14. The van der Waals surface area contributed by atoms with Crippen molar-refractivity contribution >= 4 is 35.0 Å². The Bertz CT molecular complexity index is 595. The zero-order chi connectivity index (χ0) is 15.2. The number of aromatic nitrogens is 3. The number of benzene rings is 1. The first-order valence-corrected chi connectivity index (χ1v) is 7.98. The number of thioether (sulfide) groups is 1. The molecule has 2 rings (SSSR count). The van der Waals surface area contributed by atoms with Crippen molar-refractivity contribution in [2.45, 2.75) is 17.8 Å². The van der Waals surface area contributed by atoms with Gasteiger partial charge in [-0.05, 0) is 12.1 Å². The fourth-order valence-electron chi connectivity index (χ4n) is 1.71. The molecule has 5 nitrogen and oxygen atoms in total. The van der Waals surface area contributed by atoms with E-state index in [0.29, 0.717) is 34.5 Å². The molecule has 0 amide bonds. The van der Waals surface area contributed by atoms with E-state index in [1.807, 2.05) is 4.57 Å². The van der Waals surface area contributed by atoms with Crippen LogP contribution in [0, 0.1) is 0 Å². The average molecular weight is 348 g/mol. The number of methoxy groups -OCH3 is 1. The monoisotopic (exact) mass is 347 g/mol. The molecule has 1 heterocycles. The van der Waals surface area contributed by atoms with Crippen molar-refractivity contribution in [3.8, 4) is 0 Å². The summed E-state index contributed by atoms with van der Waals surface area (Å²) in [6.45, 7) is 1.25. The lowest BCUT2D eigenvalue weighted by molar-refractivity contribution is 0.184. The molecule has 21 heavy (non-hydrogen) atoms. The molecule has 8 heteroatoms. The van der Waals surface area contributed by atoms with Gasteiger partial charge in [0, 0.05) is 35.0 Å². The third-order valence-corrected chi connectivity index (χ3v) is 4.43.